The topological polar surface area (TPSA) is 52.5 Å². The van der Waals surface area contributed by atoms with Gasteiger partial charge in [0.25, 0.3) is 0 Å². The Morgan fingerprint density at radius 1 is 1.20 bits per heavy atom. The highest BCUT2D eigenvalue weighted by molar-refractivity contribution is 7.98. The van der Waals surface area contributed by atoms with E-state index in [0.717, 1.165) is 38.0 Å². The maximum Gasteiger partial charge on any atom is 0.0833 e. The van der Waals surface area contributed by atoms with Gasteiger partial charge in [-0.3, -0.25) is 0 Å². The van der Waals surface area contributed by atoms with E-state index in [1.165, 1.54) is 0 Å². The lowest BCUT2D eigenvalue weighted by Gasteiger charge is -2.22. The molecular weight excluding hydrogens is 210 g/mol. The normalized spacial score (nSPS) is 15.2. The van der Waals surface area contributed by atoms with Crippen LogP contribution in [0.4, 0.5) is 0 Å². The number of unbranched alkanes of at least 4 members (excludes halogenated alkanes) is 3. The molecule has 0 rings (SSSR count). The van der Waals surface area contributed by atoms with Crippen LogP contribution in [-0.2, 0) is 0 Å². The molecule has 0 saturated heterocycles. The van der Waals surface area contributed by atoms with Crippen LogP contribution in [0.5, 0.6) is 0 Å². The minimum atomic E-state index is -0.593. The van der Waals surface area contributed by atoms with Crippen LogP contribution in [0.2, 0.25) is 0 Å². The molecule has 0 aromatic carbocycles. The van der Waals surface area contributed by atoms with E-state index < -0.39 is 5.60 Å². The summed E-state index contributed by atoms with van der Waals surface area (Å²) in [5, 5.41) is 21.7. The highest BCUT2D eigenvalue weighted by Crippen LogP contribution is 2.08. The minimum absolute atomic E-state index is 0.301. The minimum Gasteiger partial charge on any atom is -0.396 e. The molecule has 3 N–H and O–H groups in total. The molecule has 3 nitrogen and oxygen atoms in total. The molecule has 0 aliphatic rings. The molecule has 0 radical (unpaired) electrons. The zero-order chi connectivity index (χ0) is 11.6. The van der Waals surface area contributed by atoms with Crippen LogP contribution in [0.1, 0.15) is 32.6 Å². The Hall–Kier alpha value is 0.230. The number of hydrogen-bond donors (Lipinski definition) is 3. The van der Waals surface area contributed by atoms with Gasteiger partial charge in [0.2, 0.25) is 0 Å². The van der Waals surface area contributed by atoms with E-state index in [1.807, 2.05) is 13.2 Å². The van der Waals surface area contributed by atoms with Crippen LogP contribution in [0, 0.1) is 0 Å². The first-order chi connectivity index (χ1) is 7.12. The number of rotatable bonds is 10. The number of thioether (sulfide) groups is 1. The summed E-state index contributed by atoms with van der Waals surface area (Å²) in [5.41, 5.74) is -0.593. The van der Waals surface area contributed by atoms with Crippen molar-refractivity contribution in [1.29, 1.82) is 0 Å². The first kappa shape index (κ1) is 15.2. The van der Waals surface area contributed by atoms with E-state index in [-0.39, 0.29) is 0 Å². The Balaban J connectivity index is 3.22. The second-order valence-electron chi connectivity index (χ2n) is 4.24. The van der Waals surface area contributed by atoms with E-state index in [4.69, 9.17) is 5.11 Å². The number of aliphatic hydroxyl groups is 2. The predicted octanol–water partition coefficient (Wildman–Crippen LogP) is 1.24. The molecule has 0 aromatic rings. The smallest absolute Gasteiger partial charge is 0.0833 e. The molecule has 4 heteroatoms. The second-order valence-corrected chi connectivity index (χ2v) is 5.11. The summed E-state index contributed by atoms with van der Waals surface area (Å²) < 4.78 is 0. The van der Waals surface area contributed by atoms with Crippen molar-refractivity contribution in [3.8, 4) is 0 Å². The van der Waals surface area contributed by atoms with Gasteiger partial charge < -0.3 is 15.5 Å². The standard InChI is InChI=1S/C11H25NO2S/c1-11(14,10-15-2)9-12-7-5-3-4-6-8-13/h12-14H,3-10H2,1-2H3. The van der Waals surface area contributed by atoms with Crippen molar-refractivity contribution in [3.05, 3.63) is 0 Å². The molecule has 0 fully saturated rings. The fourth-order valence-corrected chi connectivity index (χ4v) is 2.16. The molecule has 0 bridgehead atoms. The Morgan fingerprint density at radius 2 is 1.87 bits per heavy atom. The van der Waals surface area contributed by atoms with E-state index in [9.17, 15) is 5.11 Å². The fourth-order valence-electron chi connectivity index (χ4n) is 1.44. The molecule has 92 valence electrons. The molecule has 1 unspecified atom stereocenters. The Kier molecular flexibility index (Phi) is 9.60. The molecule has 1 atom stereocenters. The van der Waals surface area contributed by atoms with E-state index in [0.29, 0.717) is 13.2 Å². The van der Waals surface area contributed by atoms with E-state index in [1.54, 1.807) is 11.8 Å². The van der Waals surface area contributed by atoms with Crippen LogP contribution >= 0.6 is 11.8 Å². The van der Waals surface area contributed by atoms with Crippen molar-refractivity contribution < 1.29 is 10.2 Å². The third-order valence-corrected chi connectivity index (χ3v) is 3.13. The number of nitrogens with one attached hydrogen (secondary N) is 1. The zero-order valence-electron chi connectivity index (χ0n) is 9.96. The molecule has 0 heterocycles. The maximum atomic E-state index is 9.84. The van der Waals surface area contributed by atoms with Crippen LogP contribution in [0.3, 0.4) is 0 Å². The molecule has 0 spiro atoms. The number of aliphatic hydroxyl groups excluding tert-OH is 1. The van der Waals surface area contributed by atoms with Crippen molar-refractivity contribution in [1.82, 2.24) is 5.32 Å². The average molecular weight is 235 g/mol. The summed E-state index contributed by atoms with van der Waals surface area (Å²) in [7, 11) is 0. The Bertz CT molecular complexity index is 143. The number of hydrogen-bond acceptors (Lipinski definition) is 4. The summed E-state index contributed by atoms with van der Waals surface area (Å²) in [5.74, 6) is 0.768. The Labute approximate surface area is 97.7 Å². The zero-order valence-corrected chi connectivity index (χ0v) is 10.8. The molecule has 0 aliphatic heterocycles. The van der Waals surface area contributed by atoms with Gasteiger partial charge in [-0.15, -0.1) is 0 Å². The summed E-state index contributed by atoms with van der Waals surface area (Å²) in [6.45, 7) is 3.78. The molecule has 0 saturated carbocycles. The SMILES string of the molecule is CSCC(C)(O)CNCCCCCCO. The summed E-state index contributed by atoms with van der Waals surface area (Å²) in [6.07, 6.45) is 6.28. The fraction of sp³-hybridized carbons (Fsp3) is 1.00. The van der Waals surface area contributed by atoms with Crippen LogP contribution in [-0.4, -0.2) is 47.5 Å². The van der Waals surface area contributed by atoms with Crippen molar-refractivity contribution in [2.45, 2.75) is 38.2 Å². The van der Waals surface area contributed by atoms with Gasteiger partial charge in [0, 0.05) is 18.9 Å². The molecule has 15 heavy (non-hydrogen) atoms. The third kappa shape index (κ3) is 10.5. The largest absolute Gasteiger partial charge is 0.396 e. The van der Waals surface area contributed by atoms with Crippen LogP contribution in [0.15, 0.2) is 0 Å². The van der Waals surface area contributed by atoms with Gasteiger partial charge in [-0.2, -0.15) is 11.8 Å². The maximum absolute atomic E-state index is 9.84. The quantitative estimate of drug-likeness (QED) is 0.499. The first-order valence-corrected chi connectivity index (χ1v) is 7.04. The van der Waals surface area contributed by atoms with Gasteiger partial charge in [0.05, 0.1) is 5.60 Å². The van der Waals surface area contributed by atoms with Gasteiger partial charge in [0.1, 0.15) is 0 Å². The van der Waals surface area contributed by atoms with Crippen molar-refractivity contribution in [2.24, 2.45) is 0 Å². The van der Waals surface area contributed by atoms with Crippen LogP contribution < -0.4 is 5.32 Å². The molecule has 0 amide bonds. The second kappa shape index (κ2) is 9.46. The van der Waals surface area contributed by atoms with Crippen LogP contribution in [0.25, 0.3) is 0 Å². The van der Waals surface area contributed by atoms with Crippen molar-refractivity contribution in [3.63, 3.8) is 0 Å². The van der Waals surface area contributed by atoms with E-state index in [2.05, 4.69) is 5.32 Å². The predicted molar refractivity (Wildman–Crippen MR) is 67.4 cm³/mol. The highest BCUT2D eigenvalue weighted by Gasteiger charge is 2.18. The van der Waals surface area contributed by atoms with Gasteiger partial charge in [-0.25, -0.2) is 0 Å². The van der Waals surface area contributed by atoms with Crippen molar-refractivity contribution in [2.75, 3.05) is 31.7 Å². The van der Waals surface area contributed by atoms with Crippen molar-refractivity contribution >= 4 is 11.8 Å². The van der Waals surface area contributed by atoms with Gasteiger partial charge in [-0.05, 0) is 32.6 Å². The molecule has 0 aromatic heterocycles. The van der Waals surface area contributed by atoms with Gasteiger partial charge >= 0.3 is 0 Å². The van der Waals surface area contributed by atoms with Gasteiger partial charge in [0.15, 0.2) is 0 Å². The van der Waals surface area contributed by atoms with Gasteiger partial charge in [-0.1, -0.05) is 12.8 Å². The first-order valence-electron chi connectivity index (χ1n) is 5.65. The highest BCUT2D eigenvalue weighted by atomic mass is 32.2. The Morgan fingerprint density at radius 3 is 2.47 bits per heavy atom. The summed E-state index contributed by atoms with van der Waals surface area (Å²) in [6, 6.07) is 0. The average Bonchev–Trinajstić information content (AvgIpc) is 2.16. The van der Waals surface area contributed by atoms with E-state index >= 15 is 0 Å². The third-order valence-electron chi connectivity index (χ3n) is 2.22. The summed E-state index contributed by atoms with van der Waals surface area (Å²) in [4.78, 5) is 0. The monoisotopic (exact) mass is 235 g/mol. The lowest BCUT2D eigenvalue weighted by atomic mass is 10.1. The molecular formula is C11H25NO2S. The summed E-state index contributed by atoms with van der Waals surface area (Å²) >= 11 is 1.67. The lowest BCUT2D eigenvalue weighted by Crippen LogP contribution is -2.40. The lowest BCUT2D eigenvalue weighted by molar-refractivity contribution is 0.0850. The molecule has 0 aliphatic carbocycles.